The highest BCUT2D eigenvalue weighted by molar-refractivity contribution is 6.05. The van der Waals surface area contributed by atoms with Crippen LogP contribution < -0.4 is 5.43 Å². The molecule has 0 spiro atoms. The van der Waals surface area contributed by atoms with Gasteiger partial charge in [0.25, 0.3) is 0 Å². The molecule has 0 atom stereocenters. The van der Waals surface area contributed by atoms with Crippen LogP contribution >= 0.6 is 0 Å². The summed E-state index contributed by atoms with van der Waals surface area (Å²) in [5, 5.41) is 13.1. The second kappa shape index (κ2) is 3.43. The van der Waals surface area contributed by atoms with E-state index in [0.717, 1.165) is 11.6 Å². The number of nitrogens with one attached hydrogen (secondary N) is 1. The number of aryl methyl sites for hydroxylation is 1. The number of aromatic nitrogens is 3. The van der Waals surface area contributed by atoms with Crippen molar-refractivity contribution < 1.29 is 9.90 Å². The van der Waals surface area contributed by atoms with Crippen molar-refractivity contribution in [3.8, 4) is 0 Å². The van der Waals surface area contributed by atoms with Crippen LogP contribution in [-0.2, 0) is 7.05 Å². The van der Waals surface area contributed by atoms with Crippen LogP contribution in [0.15, 0.2) is 29.3 Å². The molecule has 2 heterocycles. The highest BCUT2D eigenvalue weighted by atomic mass is 16.4. The van der Waals surface area contributed by atoms with Crippen molar-refractivity contribution in [3.63, 3.8) is 0 Å². The molecule has 0 radical (unpaired) electrons. The number of benzene rings is 1. The maximum atomic E-state index is 12.2. The first-order valence-electron chi connectivity index (χ1n) is 5.28. The van der Waals surface area contributed by atoms with E-state index in [2.05, 4.69) is 10.1 Å². The Kier molecular flexibility index (Phi) is 2.00. The minimum atomic E-state index is -1.26. The first-order valence-corrected chi connectivity index (χ1v) is 5.28. The lowest BCUT2D eigenvalue weighted by Gasteiger charge is -2.02. The topological polar surface area (TPSA) is 88.0 Å². The zero-order chi connectivity index (χ0) is 12.9. The molecule has 0 aliphatic heterocycles. The van der Waals surface area contributed by atoms with Gasteiger partial charge in [0.1, 0.15) is 5.56 Å². The number of aromatic carboxylic acids is 1. The third-order valence-corrected chi connectivity index (χ3v) is 2.97. The van der Waals surface area contributed by atoms with E-state index >= 15 is 0 Å². The Bertz CT molecular complexity index is 845. The summed E-state index contributed by atoms with van der Waals surface area (Å²) in [5.41, 5.74) is 0.338. The molecule has 18 heavy (non-hydrogen) atoms. The van der Waals surface area contributed by atoms with Crippen LogP contribution in [0.25, 0.3) is 21.8 Å². The summed E-state index contributed by atoms with van der Waals surface area (Å²) in [6.07, 6.45) is 2.85. The van der Waals surface area contributed by atoms with E-state index in [-0.39, 0.29) is 5.56 Å². The van der Waals surface area contributed by atoms with Gasteiger partial charge in [-0.3, -0.25) is 14.5 Å². The van der Waals surface area contributed by atoms with E-state index in [9.17, 15) is 9.59 Å². The Balaban J connectivity index is 2.63. The zero-order valence-corrected chi connectivity index (χ0v) is 9.47. The molecule has 0 aliphatic carbocycles. The molecule has 0 bridgehead atoms. The van der Waals surface area contributed by atoms with E-state index in [1.807, 2.05) is 6.07 Å². The summed E-state index contributed by atoms with van der Waals surface area (Å²) in [4.78, 5) is 27.2. The van der Waals surface area contributed by atoms with Crippen LogP contribution in [0, 0.1) is 0 Å². The maximum Gasteiger partial charge on any atom is 0.341 e. The molecular formula is C12H9N3O3. The van der Waals surface area contributed by atoms with Crippen LogP contribution in [0.2, 0.25) is 0 Å². The fraction of sp³-hybridized carbons (Fsp3) is 0.0833. The number of carbonyl (C=O) groups is 1. The Labute approximate surface area is 100 Å². The van der Waals surface area contributed by atoms with E-state index in [1.54, 1.807) is 24.0 Å². The number of pyridine rings is 1. The summed E-state index contributed by atoms with van der Waals surface area (Å²) >= 11 is 0. The van der Waals surface area contributed by atoms with Crippen molar-refractivity contribution in [2.24, 2.45) is 7.05 Å². The molecule has 0 amide bonds. The van der Waals surface area contributed by atoms with Crippen LogP contribution in [0.5, 0.6) is 0 Å². The number of aromatic amines is 1. The molecular weight excluding hydrogens is 234 g/mol. The fourth-order valence-electron chi connectivity index (χ4n) is 2.12. The van der Waals surface area contributed by atoms with Crippen molar-refractivity contribution in [2.75, 3.05) is 0 Å². The number of H-pyrrole nitrogens is 1. The van der Waals surface area contributed by atoms with Gasteiger partial charge >= 0.3 is 5.97 Å². The van der Waals surface area contributed by atoms with Gasteiger partial charge < -0.3 is 10.2 Å². The van der Waals surface area contributed by atoms with Gasteiger partial charge in [-0.2, -0.15) is 0 Å². The standard InChI is InChI=1S/C12H9N3O3/c1-15-10-6(4-14-15)2-3-8-9(10)11(16)7(5-13-8)12(17)18/h2-5,14H,1H3,(H,17,18). The lowest BCUT2D eigenvalue weighted by atomic mass is 10.1. The largest absolute Gasteiger partial charge is 0.477 e. The first-order chi connectivity index (χ1) is 8.59. The molecule has 3 rings (SSSR count). The van der Waals surface area contributed by atoms with Gasteiger partial charge in [-0.1, -0.05) is 0 Å². The molecule has 3 aromatic rings. The molecule has 0 saturated carbocycles. The smallest absolute Gasteiger partial charge is 0.341 e. The van der Waals surface area contributed by atoms with Gasteiger partial charge in [0.05, 0.1) is 16.4 Å². The SMILES string of the molecule is Cn1[nH]cc2ccc3ncc(C(=O)O)c(=O)c3c21. The van der Waals surface area contributed by atoms with E-state index < -0.39 is 11.4 Å². The minimum absolute atomic E-state index is 0.309. The highest BCUT2D eigenvalue weighted by Gasteiger charge is 2.15. The monoisotopic (exact) mass is 243 g/mol. The van der Waals surface area contributed by atoms with Gasteiger partial charge in [0.15, 0.2) is 0 Å². The quantitative estimate of drug-likeness (QED) is 0.670. The first kappa shape index (κ1) is 10.5. The Morgan fingerprint density at radius 1 is 1.44 bits per heavy atom. The molecule has 90 valence electrons. The van der Waals surface area contributed by atoms with E-state index in [4.69, 9.17) is 5.11 Å². The van der Waals surface area contributed by atoms with E-state index in [1.165, 1.54) is 0 Å². The molecule has 0 saturated heterocycles. The van der Waals surface area contributed by atoms with Gasteiger partial charge in [-0.25, -0.2) is 4.79 Å². The number of rotatable bonds is 1. The lowest BCUT2D eigenvalue weighted by Crippen LogP contribution is -2.16. The third-order valence-electron chi connectivity index (χ3n) is 2.97. The van der Waals surface area contributed by atoms with Crippen molar-refractivity contribution in [3.05, 3.63) is 40.3 Å². The summed E-state index contributed by atoms with van der Waals surface area (Å²) in [7, 11) is 1.76. The molecule has 0 fully saturated rings. The maximum absolute atomic E-state index is 12.2. The van der Waals surface area contributed by atoms with E-state index in [0.29, 0.717) is 16.4 Å². The predicted octanol–water partition coefficient (Wildman–Crippen LogP) is 1.11. The van der Waals surface area contributed by atoms with Gasteiger partial charge in [0, 0.05) is 24.8 Å². The summed E-state index contributed by atoms with van der Waals surface area (Å²) < 4.78 is 1.67. The highest BCUT2D eigenvalue weighted by Crippen LogP contribution is 2.20. The van der Waals surface area contributed by atoms with Gasteiger partial charge in [-0.05, 0) is 12.1 Å². The number of carboxylic acids is 1. The molecule has 6 heteroatoms. The van der Waals surface area contributed by atoms with Gasteiger partial charge in [0.2, 0.25) is 5.43 Å². The molecule has 6 nitrogen and oxygen atoms in total. The van der Waals surface area contributed by atoms with Crippen LogP contribution in [0.3, 0.4) is 0 Å². The molecule has 2 N–H and O–H groups in total. The number of hydrogen-bond acceptors (Lipinski definition) is 3. The number of nitrogens with zero attached hydrogens (tertiary/aromatic N) is 2. The van der Waals surface area contributed by atoms with Crippen LogP contribution in [0.4, 0.5) is 0 Å². The average molecular weight is 243 g/mol. The van der Waals surface area contributed by atoms with Crippen molar-refractivity contribution in [1.29, 1.82) is 0 Å². The van der Waals surface area contributed by atoms with Crippen molar-refractivity contribution in [1.82, 2.24) is 14.8 Å². The zero-order valence-electron chi connectivity index (χ0n) is 9.47. The number of carboxylic acid groups (broad SMARTS) is 1. The lowest BCUT2D eigenvalue weighted by molar-refractivity contribution is 0.0695. The van der Waals surface area contributed by atoms with Crippen molar-refractivity contribution in [2.45, 2.75) is 0 Å². The molecule has 0 unspecified atom stereocenters. The molecule has 0 aliphatic rings. The number of fused-ring (bicyclic) bond motifs is 3. The van der Waals surface area contributed by atoms with Crippen LogP contribution in [0.1, 0.15) is 10.4 Å². The van der Waals surface area contributed by atoms with Crippen molar-refractivity contribution >= 4 is 27.8 Å². The Hall–Kier alpha value is -2.63. The third kappa shape index (κ3) is 1.26. The molecule has 2 aromatic heterocycles. The molecule has 1 aromatic carbocycles. The number of hydrogen-bond donors (Lipinski definition) is 2. The summed E-state index contributed by atoms with van der Waals surface area (Å²) in [5.74, 6) is -1.26. The summed E-state index contributed by atoms with van der Waals surface area (Å²) in [6, 6.07) is 3.54. The second-order valence-corrected chi connectivity index (χ2v) is 4.04. The minimum Gasteiger partial charge on any atom is -0.477 e. The second-order valence-electron chi connectivity index (χ2n) is 4.04. The average Bonchev–Trinajstić information content (AvgIpc) is 2.71. The fourth-order valence-corrected chi connectivity index (χ4v) is 2.12. The van der Waals surface area contributed by atoms with Crippen LogP contribution in [-0.4, -0.2) is 25.8 Å². The summed E-state index contributed by atoms with van der Waals surface area (Å²) in [6.45, 7) is 0. The Morgan fingerprint density at radius 2 is 2.22 bits per heavy atom. The normalized spacial score (nSPS) is 11.2. The predicted molar refractivity (Wildman–Crippen MR) is 65.8 cm³/mol. The Morgan fingerprint density at radius 3 is 2.94 bits per heavy atom. The van der Waals surface area contributed by atoms with Gasteiger partial charge in [-0.15, -0.1) is 0 Å².